The molecule has 0 aromatic heterocycles. The lowest BCUT2D eigenvalue weighted by atomic mass is 9.95. The van der Waals surface area contributed by atoms with Crippen molar-refractivity contribution >= 4 is 11.6 Å². The van der Waals surface area contributed by atoms with Gasteiger partial charge < -0.3 is 14.9 Å². The number of aliphatic hydroxyl groups is 1. The highest BCUT2D eigenvalue weighted by molar-refractivity contribution is 5.97. The van der Waals surface area contributed by atoms with Crippen molar-refractivity contribution in [2.24, 2.45) is 11.8 Å². The Kier molecular flexibility index (Phi) is 4.83. The van der Waals surface area contributed by atoms with Crippen LogP contribution in [0.3, 0.4) is 0 Å². The fourth-order valence-corrected chi connectivity index (χ4v) is 4.41. The van der Waals surface area contributed by atoms with Gasteiger partial charge in [0, 0.05) is 31.2 Å². The summed E-state index contributed by atoms with van der Waals surface area (Å²) in [7, 11) is 0. The minimum absolute atomic E-state index is 0.261. The molecule has 1 saturated carbocycles. The summed E-state index contributed by atoms with van der Waals surface area (Å²) in [6.45, 7) is 6.04. The molecule has 1 aromatic carbocycles. The maximum absolute atomic E-state index is 12.5. The highest BCUT2D eigenvalue weighted by Crippen LogP contribution is 2.36. The van der Waals surface area contributed by atoms with Crippen LogP contribution in [0.2, 0.25) is 0 Å². The molecule has 1 N–H and O–H groups in total. The second-order valence-corrected chi connectivity index (χ2v) is 8.28. The van der Waals surface area contributed by atoms with Gasteiger partial charge in [0.1, 0.15) is 0 Å². The Morgan fingerprint density at radius 1 is 1.24 bits per heavy atom. The molecule has 136 valence electrons. The topological polar surface area (TPSA) is 43.8 Å². The van der Waals surface area contributed by atoms with Crippen LogP contribution < -0.4 is 4.90 Å². The van der Waals surface area contributed by atoms with Crippen LogP contribution in [0.1, 0.15) is 56.3 Å². The smallest absolute Gasteiger partial charge is 0.230 e. The zero-order chi connectivity index (χ0) is 17.4. The summed E-state index contributed by atoms with van der Waals surface area (Å²) in [5.74, 6) is 1.29. The molecular weight excluding hydrogens is 312 g/mol. The number of carbonyl (C=O) groups excluding carboxylic acids is 1. The number of hydrogen-bond donors (Lipinski definition) is 1. The molecule has 4 rings (SSSR count). The van der Waals surface area contributed by atoms with Gasteiger partial charge in [-0.05, 0) is 68.2 Å². The number of likely N-dealkylation sites (tertiary alicyclic amines) is 1. The van der Waals surface area contributed by atoms with Crippen LogP contribution in [-0.4, -0.2) is 42.1 Å². The molecule has 2 atom stereocenters. The summed E-state index contributed by atoms with van der Waals surface area (Å²) in [6, 6.07) is 6.22. The zero-order valence-corrected chi connectivity index (χ0v) is 15.3. The van der Waals surface area contributed by atoms with Gasteiger partial charge in [-0.2, -0.15) is 0 Å². The van der Waals surface area contributed by atoms with Crippen molar-refractivity contribution in [2.75, 3.05) is 31.1 Å². The lowest BCUT2D eigenvalue weighted by Gasteiger charge is -2.33. The number of fused-ring (bicyclic) bond motifs is 1. The number of piperidine rings is 1. The molecule has 0 spiro atoms. The molecule has 25 heavy (non-hydrogen) atoms. The van der Waals surface area contributed by atoms with Gasteiger partial charge in [0.15, 0.2) is 0 Å². The summed E-state index contributed by atoms with van der Waals surface area (Å²) in [6.07, 6.45) is 6.22. The zero-order valence-electron chi connectivity index (χ0n) is 15.3. The van der Waals surface area contributed by atoms with E-state index in [4.69, 9.17) is 0 Å². The average Bonchev–Trinajstić information content (AvgIpc) is 3.45. The minimum atomic E-state index is -0.440. The van der Waals surface area contributed by atoms with E-state index < -0.39 is 6.10 Å². The Labute approximate surface area is 150 Å². The molecule has 2 heterocycles. The van der Waals surface area contributed by atoms with E-state index in [1.54, 1.807) is 0 Å². The monoisotopic (exact) mass is 342 g/mol. The summed E-state index contributed by atoms with van der Waals surface area (Å²) in [5, 5.41) is 10.7. The van der Waals surface area contributed by atoms with Crippen LogP contribution >= 0.6 is 0 Å². The quantitative estimate of drug-likeness (QED) is 0.914. The highest BCUT2D eigenvalue weighted by Gasteiger charge is 2.35. The van der Waals surface area contributed by atoms with Gasteiger partial charge in [0.2, 0.25) is 5.91 Å². The predicted octanol–water partition coefficient (Wildman–Crippen LogP) is 3.14. The molecule has 1 amide bonds. The maximum atomic E-state index is 12.5. The van der Waals surface area contributed by atoms with Crippen LogP contribution in [0.4, 0.5) is 5.69 Å². The fourth-order valence-electron chi connectivity index (χ4n) is 4.41. The van der Waals surface area contributed by atoms with Crippen molar-refractivity contribution in [1.82, 2.24) is 4.90 Å². The second kappa shape index (κ2) is 7.08. The van der Waals surface area contributed by atoms with E-state index in [1.165, 1.54) is 18.4 Å². The first-order valence-corrected chi connectivity index (χ1v) is 9.96. The van der Waals surface area contributed by atoms with Gasteiger partial charge in [-0.15, -0.1) is 0 Å². The fraction of sp³-hybridized carbons (Fsp3) is 0.667. The van der Waals surface area contributed by atoms with Crippen molar-refractivity contribution in [3.8, 4) is 0 Å². The first-order valence-electron chi connectivity index (χ1n) is 9.96. The molecular formula is C21H30N2O2. The molecule has 4 nitrogen and oxygen atoms in total. The van der Waals surface area contributed by atoms with Gasteiger partial charge in [-0.1, -0.05) is 19.1 Å². The molecule has 1 saturated heterocycles. The van der Waals surface area contributed by atoms with Crippen molar-refractivity contribution in [3.05, 3.63) is 29.3 Å². The van der Waals surface area contributed by atoms with Crippen molar-refractivity contribution < 1.29 is 9.90 Å². The number of aryl methyl sites for hydroxylation is 1. The maximum Gasteiger partial charge on any atom is 0.230 e. The number of carbonyl (C=O) groups is 1. The number of anilines is 1. The third-order valence-corrected chi connectivity index (χ3v) is 5.97. The standard InChI is InChI=1S/C21H30N2O2/c1-15-4-2-10-22(13-15)14-20(24)18-8-9-19-17(12-18)5-3-11-23(19)21(25)16-6-7-16/h8-9,12,15-16,20,24H,2-7,10-11,13-14H2,1H3/t15-,20-/m0/s1. The highest BCUT2D eigenvalue weighted by atomic mass is 16.3. The molecule has 2 aliphatic heterocycles. The van der Waals surface area contributed by atoms with E-state index >= 15 is 0 Å². The number of hydrogen-bond acceptors (Lipinski definition) is 3. The van der Waals surface area contributed by atoms with Crippen molar-refractivity contribution in [2.45, 2.75) is 51.6 Å². The predicted molar refractivity (Wildman–Crippen MR) is 99.6 cm³/mol. The molecule has 0 radical (unpaired) electrons. The van der Waals surface area contributed by atoms with E-state index in [-0.39, 0.29) is 5.92 Å². The summed E-state index contributed by atoms with van der Waals surface area (Å²) in [5.41, 5.74) is 3.30. The molecule has 0 unspecified atom stereocenters. The van der Waals surface area contributed by atoms with E-state index in [0.29, 0.717) is 12.5 Å². The van der Waals surface area contributed by atoms with Gasteiger partial charge >= 0.3 is 0 Å². The number of nitrogens with zero attached hydrogens (tertiary/aromatic N) is 2. The Morgan fingerprint density at radius 3 is 2.84 bits per heavy atom. The van der Waals surface area contributed by atoms with Crippen LogP contribution in [0, 0.1) is 11.8 Å². The summed E-state index contributed by atoms with van der Waals surface area (Å²) in [4.78, 5) is 16.9. The van der Waals surface area contributed by atoms with Gasteiger partial charge in [0.25, 0.3) is 0 Å². The Morgan fingerprint density at radius 2 is 2.08 bits per heavy atom. The lowest BCUT2D eigenvalue weighted by Crippen LogP contribution is -2.37. The van der Waals surface area contributed by atoms with E-state index in [2.05, 4.69) is 24.0 Å². The minimum Gasteiger partial charge on any atom is -0.387 e. The number of amides is 1. The first-order chi connectivity index (χ1) is 12.1. The van der Waals surface area contributed by atoms with Crippen molar-refractivity contribution in [3.63, 3.8) is 0 Å². The van der Waals surface area contributed by atoms with E-state index in [1.807, 2.05) is 11.0 Å². The van der Waals surface area contributed by atoms with Crippen LogP contribution in [0.15, 0.2) is 18.2 Å². The van der Waals surface area contributed by atoms with Crippen LogP contribution in [0.25, 0.3) is 0 Å². The van der Waals surface area contributed by atoms with Crippen molar-refractivity contribution in [1.29, 1.82) is 0 Å². The molecule has 1 aliphatic carbocycles. The van der Waals surface area contributed by atoms with Gasteiger partial charge in [-0.3, -0.25) is 4.79 Å². The third kappa shape index (κ3) is 3.75. The lowest BCUT2D eigenvalue weighted by molar-refractivity contribution is -0.119. The van der Waals surface area contributed by atoms with Gasteiger partial charge in [-0.25, -0.2) is 0 Å². The largest absolute Gasteiger partial charge is 0.387 e. The third-order valence-electron chi connectivity index (χ3n) is 5.97. The van der Waals surface area contributed by atoms with Crippen LogP contribution in [-0.2, 0) is 11.2 Å². The Bertz CT molecular complexity index is 641. The van der Waals surface area contributed by atoms with E-state index in [9.17, 15) is 9.90 Å². The average molecular weight is 342 g/mol. The van der Waals surface area contributed by atoms with E-state index in [0.717, 1.165) is 62.5 Å². The summed E-state index contributed by atoms with van der Waals surface area (Å²) >= 11 is 0. The molecule has 1 aromatic rings. The molecule has 3 aliphatic rings. The van der Waals surface area contributed by atoms with Gasteiger partial charge in [0.05, 0.1) is 6.10 Å². The number of aliphatic hydroxyl groups excluding tert-OH is 1. The normalized spacial score (nSPS) is 25.5. The molecule has 0 bridgehead atoms. The number of β-amino-alcohol motifs (C(OH)–C–C–N with tert-alkyl or cyclic N) is 1. The number of benzene rings is 1. The summed E-state index contributed by atoms with van der Waals surface area (Å²) < 4.78 is 0. The first kappa shape index (κ1) is 17.0. The van der Waals surface area contributed by atoms with Crippen LogP contribution in [0.5, 0.6) is 0 Å². The second-order valence-electron chi connectivity index (χ2n) is 8.28. The number of rotatable bonds is 4. The Hall–Kier alpha value is -1.39. The molecule has 2 fully saturated rings. The molecule has 4 heteroatoms. The SMILES string of the molecule is C[C@H]1CCCN(C[C@H](O)c2ccc3c(c2)CCCN3C(=O)C2CC2)C1. The Balaban J connectivity index is 1.47.